The van der Waals surface area contributed by atoms with Gasteiger partial charge in [-0.05, 0) is 135 Å². The highest BCUT2D eigenvalue weighted by atomic mass is 16.5. The summed E-state index contributed by atoms with van der Waals surface area (Å²) in [6.07, 6.45) is 12.5. The zero-order valence-corrected chi connectivity index (χ0v) is 34.6. The molecule has 5 aliphatic carbocycles. The third-order valence-corrected chi connectivity index (χ3v) is 16.5. The molecule has 5 aliphatic rings. The van der Waals surface area contributed by atoms with Crippen LogP contribution in [0.3, 0.4) is 0 Å². The molecule has 54 heavy (non-hydrogen) atoms. The highest BCUT2D eigenvalue weighted by molar-refractivity contribution is 6.00. The van der Waals surface area contributed by atoms with Gasteiger partial charge in [0.05, 0.1) is 18.4 Å². The van der Waals surface area contributed by atoms with E-state index in [1.807, 2.05) is 17.0 Å². The van der Waals surface area contributed by atoms with Crippen molar-refractivity contribution in [2.75, 3.05) is 13.1 Å². The third kappa shape index (κ3) is 6.46. The van der Waals surface area contributed by atoms with E-state index in [4.69, 9.17) is 10.5 Å². The number of carbonyl (C=O) groups is 4. The monoisotopic (exact) mass is 746 g/mol. The molecule has 0 aromatic carbocycles. The van der Waals surface area contributed by atoms with Crippen molar-refractivity contribution in [2.45, 2.75) is 146 Å². The molecule has 4 saturated carbocycles. The summed E-state index contributed by atoms with van der Waals surface area (Å²) in [7, 11) is 0. The largest absolute Gasteiger partial charge is 0.481 e. The second-order valence-corrected chi connectivity index (χ2v) is 20.3. The molecule has 3 N–H and O–H groups in total. The lowest BCUT2D eigenvalue weighted by atomic mass is 9.33. The lowest BCUT2D eigenvalue weighted by Gasteiger charge is -2.72. The Labute approximate surface area is 323 Å². The minimum absolute atomic E-state index is 0.0210. The van der Waals surface area contributed by atoms with Gasteiger partial charge in [-0.2, -0.15) is 0 Å². The number of nitrogens with zero attached hydrogens (tertiary/aromatic N) is 2. The van der Waals surface area contributed by atoms with E-state index >= 15 is 0 Å². The number of carbonyl (C=O) groups excluding carboxylic acids is 3. The molecule has 0 aliphatic heterocycles. The number of aromatic nitrogens is 1. The van der Waals surface area contributed by atoms with Crippen molar-refractivity contribution in [1.82, 2.24) is 9.88 Å². The lowest BCUT2D eigenvalue weighted by molar-refractivity contribution is -0.233. The molecule has 8 atom stereocenters. The third-order valence-electron chi connectivity index (χ3n) is 16.5. The second kappa shape index (κ2) is 14.1. The first-order chi connectivity index (χ1) is 25.2. The molecule has 9 nitrogen and oxygen atoms in total. The van der Waals surface area contributed by atoms with Gasteiger partial charge in [0.25, 0.3) is 0 Å². The summed E-state index contributed by atoms with van der Waals surface area (Å²) in [6, 6.07) is 3.89. The fraction of sp³-hybridized carbons (Fsp3) is 0.756. The fourth-order valence-electron chi connectivity index (χ4n) is 13.4. The predicted octanol–water partition coefficient (Wildman–Crippen LogP) is 8.15. The van der Waals surface area contributed by atoms with E-state index in [0.29, 0.717) is 43.0 Å². The number of fused-ring (bicyclic) bond motifs is 7. The zero-order valence-electron chi connectivity index (χ0n) is 34.6. The molecule has 1 amide bonds. The summed E-state index contributed by atoms with van der Waals surface area (Å²) in [5.74, 6) is 0.154. The molecule has 6 rings (SSSR count). The van der Waals surface area contributed by atoms with E-state index in [1.54, 1.807) is 26.2 Å². The molecule has 1 aromatic heterocycles. The van der Waals surface area contributed by atoms with Crippen molar-refractivity contribution >= 4 is 23.6 Å². The van der Waals surface area contributed by atoms with E-state index in [2.05, 4.69) is 53.5 Å². The van der Waals surface area contributed by atoms with Crippen molar-refractivity contribution < 1.29 is 29.0 Å². The van der Waals surface area contributed by atoms with Gasteiger partial charge in [-0.3, -0.25) is 24.2 Å². The van der Waals surface area contributed by atoms with E-state index in [9.17, 15) is 24.3 Å². The number of ether oxygens (including phenoxy) is 1. The second-order valence-electron chi connectivity index (χ2n) is 20.3. The Kier molecular flexibility index (Phi) is 10.6. The van der Waals surface area contributed by atoms with Gasteiger partial charge in [0, 0.05) is 42.7 Å². The van der Waals surface area contributed by atoms with Gasteiger partial charge in [-0.15, -0.1) is 0 Å². The minimum atomic E-state index is -1.17. The number of nitrogens with two attached hydrogens (primary N) is 1. The van der Waals surface area contributed by atoms with Crippen molar-refractivity contribution in [1.29, 1.82) is 0 Å². The summed E-state index contributed by atoms with van der Waals surface area (Å²) in [6.45, 7) is 20.7. The molecule has 0 bridgehead atoms. The summed E-state index contributed by atoms with van der Waals surface area (Å²) < 4.78 is 6.18. The van der Waals surface area contributed by atoms with Gasteiger partial charge in [0.2, 0.25) is 5.91 Å². The van der Waals surface area contributed by atoms with Crippen LogP contribution in [0.2, 0.25) is 0 Å². The van der Waals surface area contributed by atoms with Crippen LogP contribution in [0, 0.1) is 56.2 Å². The smallest absolute Gasteiger partial charge is 0.309 e. The van der Waals surface area contributed by atoms with Gasteiger partial charge >= 0.3 is 11.9 Å². The first-order valence-corrected chi connectivity index (χ1v) is 20.7. The number of esters is 1. The molecule has 2 unspecified atom stereocenters. The van der Waals surface area contributed by atoms with E-state index in [-0.39, 0.29) is 58.0 Å². The molecule has 4 fully saturated rings. The normalized spacial score (nSPS) is 35.8. The van der Waals surface area contributed by atoms with Crippen molar-refractivity contribution in [3.8, 4) is 0 Å². The number of allylic oxidation sites excluding steroid dienone is 2. The SMILES string of the molecule is CC(C)C1=C2[C@H]3CCC4[C@@]5(C)CC[C@H](OC(=O)CC(C)(C)C(=O)O)C(C)(C)C5CC[C@@]4(C)[C@]3(C)CC[C@@]2(CCN(Cc2ccncc2)C(=O)CN)CC1=O. The van der Waals surface area contributed by atoms with E-state index in [1.165, 1.54) is 5.57 Å². The number of ketones is 1. The van der Waals surface area contributed by atoms with Crippen LogP contribution in [0.25, 0.3) is 0 Å². The Morgan fingerprint density at radius 3 is 2.28 bits per heavy atom. The number of rotatable bonds is 11. The maximum atomic E-state index is 14.2. The van der Waals surface area contributed by atoms with E-state index < -0.39 is 17.4 Å². The minimum Gasteiger partial charge on any atom is -0.481 e. The first-order valence-electron chi connectivity index (χ1n) is 20.7. The molecular weight excluding hydrogens is 679 g/mol. The fourth-order valence-corrected chi connectivity index (χ4v) is 13.4. The first kappa shape index (κ1) is 40.6. The quantitative estimate of drug-likeness (QED) is 0.216. The molecule has 1 aromatic rings. The van der Waals surface area contributed by atoms with Gasteiger partial charge in [-0.25, -0.2) is 0 Å². The molecule has 0 saturated heterocycles. The van der Waals surface area contributed by atoms with Crippen molar-refractivity contribution in [3.63, 3.8) is 0 Å². The Morgan fingerprint density at radius 2 is 1.65 bits per heavy atom. The topological polar surface area (TPSA) is 140 Å². The molecule has 9 heteroatoms. The van der Waals surface area contributed by atoms with Crippen molar-refractivity contribution in [3.05, 3.63) is 41.2 Å². The number of aliphatic carboxylic acids is 1. The molecule has 0 spiro atoms. The average molecular weight is 746 g/mol. The van der Waals surface area contributed by atoms with Crippen LogP contribution in [0.1, 0.15) is 139 Å². The summed E-state index contributed by atoms with van der Waals surface area (Å²) >= 11 is 0. The maximum absolute atomic E-state index is 14.2. The molecule has 298 valence electrons. The van der Waals surface area contributed by atoms with Crippen LogP contribution in [-0.2, 0) is 30.5 Å². The molecular formula is C45H67N3O6. The van der Waals surface area contributed by atoms with E-state index in [0.717, 1.165) is 68.9 Å². The predicted molar refractivity (Wildman–Crippen MR) is 209 cm³/mol. The zero-order chi connectivity index (χ0) is 39.6. The van der Waals surface area contributed by atoms with Gasteiger partial charge < -0.3 is 20.5 Å². The van der Waals surface area contributed by atoms with Crippen LogP contribution < -0.4 is 5.73 Å². The average Bonchev–Trinajstić information content (AvgIpc) is 3.40. The molecule has 1 heterocycles. The van der Waals surface area contributed by atoms with Crippen LogP contribution in [0.5, 0.6) is 0 Å². The maximum Gasteiger partial charge on any atom is 0.309 e. The number of carboxylic acid groups (broad SMARTS) is 1. The Morgan fingerprint density at radius 1 is 0.963 bits per heavy atom. The van der Waals surface area contributed by atoms with Gasteiger partial charge in [0.1, 0.15) is 6.10 Å². The Hall–Kier alpha value is -3.07. The van der Waals surface area contributed by atoms with Crippen LogP contribution in [0.15, 0.2) is 35.7 Å². The summed E-state index contributed by atoms with van der Waals surface area (Å²) in [4.78, 5) is 58.3. The highest BCUT2D eigenvalue weighted by Crippen LogP contribution is 2.77. The number of pyridine rings is 1. The standard InChI is InChI=1S/C45H67N3O6/c1-28(2)37-31(49)24-45(20-23-48(35(50)26-46)27-29-14-21-47-22-15-29)19-18-43(8)30(38(37)45)10-11-33-42(7)16-13-34(54-36(51)25-40(3,4)39(52)53)41(5,6)32(42)12-17-44(33,43)9/h14-15,21-22,28,30,32-34H,10-13,16-20,23-27,46H2,1-9H3,(H,52,53)/t30-,32?,33?,34+,42+,43-,44-,45-/m1/s1. The number of Topliss-reactive ketones (excluding diaryl/α,β-unsaturated/α-hetero) is 1. The highest BCUT2D eigenvalue weighted by Gasteiger charge is 2.70. The van der Waals surface area contributed by atoms with Crippen LogP contribution >= 0.6 is 0 Å². The number of amides is 1. The van der Waals surface area contributed by atoms with Gasteiger partial charge in [-0.1, -0.05) is 54.0 Å². The number of hydrogen-bond acceptors (Lipinski definition) is 7. The van der Waals surface area contributed by atoms with Crippen LogP contribution in [-0.4, -0.2) is 57.8 Å². The van der Waals surface area contributed by atoms with Gasteiger partial charge in [0.15, 0.2) is 5.78 Å². The summed E-state index contributed by atoms with van der Waals surface area (Å²) in [5, 5.41) is 9.62. The summed E-state index contributed by atoms with van der Waals surface area (Å²) in [5.41, 5.74) is 7.95. The Bertz CT molecular complexity index is 1680. The molecule has 0 radical (unpaired) electrons. The lowest BCUT2D eigenvalue weighted by Crippen LogP contribution is -2.65. The van der Waals surface area contributed by atoms with Crippen molar-refractivity contribution in [2.24, 2.45) is 61.9 Å². The Balaban J connectivity index is 1.27. The number of carboxylic acids is 1. The van der Waals surface area contributed by atoms with Crippen LogP contribution in [0.4, 0.5) is 0 Å². The number of hydrogen-bond donors (Lipinski definition) is 2.